The summed E-state index contributed by atoms with van der Waals surface area (Å²) in [6.45, 7) is 15.5. The molecule has 0 spiro atoms. The molecule has 0 aliphatic rings. The van der Waals surface area contributed by atoms with Gasteiger partial charge in [0.25, 0.3) is 15.9 Å². The molecule has 0 saturated heterocycles. The highest BCUT2D eigenvalue weighted by Crippen LogP contribution is 2.37. The summed E-state index contributed by atoms with van der Waals surface area (Å²) in [6.07, 6.45) is 0. The molecule has 12 heteroatoms. The standard InChI is InChI=1S/C24H35BrN2O6S2Si/c1-23(2,3)27-35(31,32)21-15-17(16-33-36(7,8)24(4,5)6)9-14-20(21)34(29,30)26-22(28)18-10-12-19(25)13-11-18/h9-15,27H,16H2,1-8H3,(H,26,28). The fourth-order valence-electron chi connectivity index (χ4n) is 2.85. The number of carbonyl (C=O) groups is 1. The van der Waals surface area contributed by atoms with Crippen molar-refractivity contribution < 1.29 is 26.1 Å². The molecule has 0 heterocycles. The lowest BCUT2D eigenvalue weighted by Gasteiger charge is -2.36. The number of nitrogens with one attached hydrogen (secondary N) is 2. The molecule has 0 unspecified atom stereocenters. The molecule has 0 fully saturated rings. The van der Waals surface area contributed by atoms with Crippen molar-refractivity contribution in [1.29, 1.82) is 0 Å². The lowest BCUT2D eigenvalue weighted by Crippen LogP contribution is -2.42. The van der Waals surface area contributed by atoms with Crippen LogP contribution in [0.1, 0.15) is 57.5 Å². The smallest absolute Gasteiger partial charge is 0.265 e. The third-order valence-electron chi connectivity index (χ3n) is 5.77. The van der Waals surface area contributed by atoms with Gasteiger partial charge >= 0.3 is 0 Å². The van der Waals surface area contributed by atoms with E-state index in [9.17, 15) is 21.6 Å². The van der Waals surface area contributed by atoms with E-state index in [0.29, 0.717) is 5.56 Å². The van der Waals surface area contributed by atoms with E-state index in [1.807, 2.05) is 4.72 Å². The van der Waals surface area contributed by atoms with Gasteiger partial charge in [0.2, 0.25) is 10.0 Å². The van der Waals surface area contributed by atoms with Crippen LogP contribution in [0.15, 0.2) is 56.7 Å². The highest BCUT2D eigenvalue weighted by Gasteiger charge is 2.37. The van der Waals surface area contributed by atoms with Crippen LogP contribution in [-0.2, 0) is 31.1 Å². The van der Waals surface area contributed by atoms with E-state index in [-0.39, 0.29) is 17.2 Å². The SMILES string of the molecule is CC(C)(C)NS(=O)(=O)c1cc(CO[Si](C)(C)C(C)(C)C)ccc1S(=O)(=O)NC(=O)c1ccc(Br)cc1. The Bertz CT molecular complexity index is 1330. The van der Waals surface area contributed by atoms with Crippen molar-refractivity contribution in [3.8, 4) is 0 Å². The van der Waals surface area contributed by atoms with Crippen LogP contribution >= 0.6 is 15.9 Å². The maximum absolute atomic E-state index is 13.3. The van der Waals surface area contributed by atoms with E-state index in [1.54, 1.807) is 32.9 Å². The molecule has 0 aromatic heterocycles. The molecule has 2 aromatic carbocycles. The van der Waals surface area contributed by atoms with Crippen LogP contribution < -0.4 is 9.44 Å². The lowest BCUT2D eigenvalue weighted by atomic mass is 10.1. The molecule has 0 aliphatic heterocycles. The molecule has 0 bridgehead atoms. The van der Waals surface area contributed by atoms with Crippen molar-refractivity contribution in [3.05, 3.63) is 58.1 Å². The van der Waals surface area contributed by atoms with E-state index in [4.69, 9.17) is 4.43 Å². The number of hydrogen-bond acceptors (Lipinski definition) is 6. The van der Waals surface area contributed by atoms with Crippen LogP contribution in [0.25, 0.3) is 0 Å². The number of halogens is 1. The van der Waals surface area contributed by atoms with Gasteiger partial charge in [0.05, 0.1) is 6.61 Å². The normalized spacial score (nSPS) is 13.5. The second-order valence-electron chi connectivity index (χ2n) is 11.1. The predicted octanol–water partition coefficient (Wildman–Crippen LogP) is 5.17. The first-order valence-corrected chi connectivity index (χ1v) is 17.9. The molecule has 0 saturated carbocycles. The van der Waals surface area contributed by atoms with E-state index < -0.39 is 49.6 Å². The first-order chi connectivity index (χ1) is 16.1. The van der Waals surface area contributed by atoms with Crippen molar-refractivity contribution in [2.24, 2.45) is 0 Å². The third kappa shape index (κ3) is 7.96. The van der Waals surface area contributed by atoms with E-state index in [1.165, 1.54) is 30.3 Å². The second kappa shape index (κ2) is 10.7. The summed E-state index contributed by atoms with van der Waals surface area (Å²) in [4.78, 5) is 11.6. The van der Waals surface area contributed by atoms with Gasteiger partial charge in [0.1, 0.15) is 9.79 Å². The number of amides is 1. The Kier molecular flexibility index (Phi) is 9.07. The minimum Gasteiger partial charge on any atom is -0.413 e. The Morgan fingerprint density at radius 2 is 1.44 bits per heavy atom. The molecule has 36 heavy (non-hydrogen) atoms. The first kappa shape index (κ1) is 30.6. The van der Waals surface area contributed by atoms with Crippen molar-refractivity contribution >= 4 is 50.2 Å². The molecule has 2 aromatic rings. The van der Waals surface area contributed by atoms with E-state index in [2.05, 4.69) is 54.5 Å². The molecule has 0 atom stereocenters. The average Bonchev–Trinajstić information content (AvgIpc) is 2.69. The zero-order valence-corrected chi connectivity index (χ0v) is 26.1. The van der Waals surface area contributed by atoms with Crippen molar-refractivity contribution in [2.45, 2.75) is 81.6 Å². The molecular weight excluding hydrogens is 584 g/mol. The summed E-state index contributed by atoms with van der Waals surface area (Å²) in [6, 6.07) is 10.1. The maximum atomic E-state index is 13.3. The van der Waals surface area contributed by atoms with Gasteiger partial charge in [-0.3, -0.25) is 4.79 Å². The molecule has 0 aliphatic carbocycles. The van der Waals surface area contributed by atoms with Gasteiger partial charge in [-0.05, 0) is 80.9 Å². The number of hydrogen-bond donors (Lipinski definition) is 2. The average molecular weight is 620 g/mol. The van der Waals surface area contributed by atoms with Crippen LogP contribution in [0.5, 0.6) is 0 Å². The zero-order chi connectivity index (χ0) is 27.7. The number of sulfonamides is 2. The maximum Gasteiger partial charge on any atom is 0.265 e. The van der Waals surface area contributed by atoms with Crippen LogP contribution in [0.4, 0.5) is 0 Å². The summed E-state index contributed by atoms with van der Waals surface area (Å²) in [7, 11) is -11.0. The monoisotopic (exact) mass is 618 g/mol. The third-order valence-corrected chi connectivity index (χ3v) is 14.1. The Hall–Kier alpha value is -1.57. The van der Waals surface area contributed by atoms with Crippen molar-refractivity contribution in [3.63, 3.8) is 0 Å². The Morgan fingerprint density at radius 3 is 1.94 bits per heavy atom. The predicted molar refractivity (Wildman–Crippen MR) is 147 cm³/mol. The van der Waals surface area contributed by atoms with Crippen LogP contribution in [0.3, 0.4) is 0 Å². The van der Waals surface area contributed by atoms with E-state index in [0.717, 1.165) is 4.47 Å². The van der Waals surface area contributed by atoms with Gasteiger partial charge in [0, 0.05) is 15.6 Å². The van der Waals surface area contributed by atoms with Crippen LogP contribution in [0.2, 0.25) is 18.1 Å². The topological polar surface area (TPSA) is 119 Å². The summed E-state index contributed by atoms with van der Waals surface area (Å²) in [5.41, 5.74) is -0.251. The van der Waals surface area contributed by atoms with Crippen LogP contribution in [-0.4, -0.2) is 36.6 Å². The minimum atomic E-state index is -4.53. The summed E-state index contributed by atoms with van der Waals surface area (Å²) in [5.74, 6) is -0.875. The zero-order valence-electron chi connectivity index (χ0n) is 21.9. The Balaban J connectivity index is 2.53. The quantitative estimate of drug-likeness (QED) is 0.394. The molecule has 0 radical (unpaired) electrons. The lowest BCUT2D eigenvalue weighted by molar-refractivity contribution is 0.0981. The Morgan fingerprint density at radius 1 is 0.889 bits per heavy atom. The molecule has 8 nitrogen and oxygen atoms in total. The molecule has 1 amide bonds. The number of carbonyl (C=O) groups excluding carboxylic acids is 1. The summed E-state index contributed by atoms with van der Waals surface area (Å²) in [5, 5.41) is -0.0592. The fraction of sp³-hybridized carbons (Fsp3) is 0.458. The molecular formula is C24H35BrN2O6S2Si. The van der Waals surface area contributed by atoms with Crippen molar-refractivity contribution in [1.82, 2.24) is 9.44 Å². The summed E-state index contributed by atoms with van der Waals surface area (Å²) < 4.78 is 64.4. The second-order valence-corrected chi connectivity index (χ2v) is 20.2. The Labute approximate surface area is 224 Å². The summed E-state index contributed by atoms with van der Waals surface area (Å²) >= 11 is 3.26. The minimum absolute atomic E-state index is 0.0592. The van der Waals surface area contributed by atoms with Crippen molar-refractivity contribution in [2.75, 3.05) is 0 Å². The van der Waals surface area contributed by atoms with Gasteiger partial charge < -0.3 is 4.43 Å². The van der Waals surface area contributed by atoms with E-state index >= 15 is 0 Å². The van der Waals surface area contributed by atoms with Crippen LogP contribution in [0, 0.1) is 0 Å². The number of benzene rings is 2. The highest BCUT2D eigenvalue weighted by molar-refractivity contribution is 9.10. The van der Waals surface area contributed by atoms with Gasteiger partial charge in [-0.2, -0.15) is 0 Å². The largest absolute Gasteiger partial charge is 0.413 e. The van der Waals surface area contributed by atoms with Gasteiger partial charge in [-0.15, -0.1) is 0 Å². The van der Waals surface area contributed by atoms with Gasteiger partial charge in [-0.1, -0.05) is 42.8 Å². The van der Waals surface area contributed by atoms with Gasteiger partial charge in [-0.25, -0.2) is 26.3 Å². The highest BCUT2D eigenvalue weighted by atomic mass is 79.9. The molecule has 200 valence electrons. The molecule has 2 N–H and O–H groups in total. The fourth-order valence-corrected chi connectivity index (χ4v) is 7.33. The first-order valence-electron chi connectivity index (χ1n) is 11.3. The van der Waals surface area contributed by atoms with Gasteiger partial charge in [0.15, 0.2) is 8.32 Å². The molecule has 2 rings (SSSR count). The number of rotatable bonds is 8.